The van der Waals surface area contributed by atoms with Crippen molar-refractivity contribution in [2.75, 3.05) is 6.61 Å². The summed E-state index contributed by atoms with van der Waals surface area (Å²) >= 11 is 6.26. The van der Waals surface area contributed by atoms with Gasteiger partial charge in [0, 0.05) is 5.56 Å². The van der Waals surface area contributed by atoms with Crippen molar-refractivity contribution in [2.24, 2.45) is 0 Å². The lowest BCUT2D eigenvalue weighted by Crippen LogP contribution is -2.26. The van der Waals surface area contributed by atoms with Crippen LogP contribution in [-0.2, 0) is 4.84 Å². The number of carbonyl (C=O) groups is 1. The molecule has 0 fully saturated rings. The van der Waals surface area contributed by atoms with Gasteiger partial charge in [0.15, 0.2) is 0 Å². The molecule has 24 heavy (non-hydrogen) atoms. The highest BCUT2D eigenvalue weighted by atomic mass is 35.5. The minimum atomic E-state index is -0.369. The van der Waals surface area contributed by atoms with Gasteiger partial charge in [0.2, 0.25) is 0 Å². The minimum Gasteiger partial charge on any atom is -0.274 e. The van der Waals surface area contributed by atoms with Gasteiger partial charge in [-0.2, -0.15) is 5.10 Å². The summed E-state index contributed by atoms with van der Waals surface area (Å²) < 4.78 is 1.58. The SMILES string of the molecule is CCONC(=O)c1cc(-c2ccccc2Cl)nn1-c1ccccc1. The Morgan fingerprint density at radius 1 is 1.17 bits per heavy atom. The van der Waals surface area contributed by atoms with Crippen LogP contribution >= 0.6 is 11.6 Å². The average Bonchev–Trinajstić information content (AvgIpc) is 3.06. The summed E-state index contributed by atoms with van der Waals surface area (Å²) in [6.07, 6.45) is 0. The predicted octanol–water partition coefficient (Wildman–Crippen LogP) is 3.87. The summed E-state index contributed by atoms with van der Waals surface area (Å²) in [5, 5.41) is 5.13. The zero-order chi connectivity index (χ0) is 16.9. The van der Waals surface area contributed by atoms with E-state index < -0.39 is 0 Å². The van der Waals surface area contributed by atoms with E-state index in [1.165, 1.54) is 0 Å². The zero-order valence-electron chi connectivity index (χ0n) is 13.1. The number of halogens is 1. The molecule has 0 aliphatic carbocycles. The largest absolute Gasteiger partial charge is 0.293 e. The molecule has 0 aliphatic rings. The molecular weight excluding hydrogens is 326 g/mol. The van der Waals surface area contributed by atoms with Crippen LogP contribution < -0.4 is 5.48 Å². The molecule has 1 aromatic heterocycles. The van der Waals surface area contributed by atoms with Crippen molar-refractivity contribution in [1.29, 1.82) is 0 Å². The van der Waals surface area contributed by atoms with Gasteiger partial charge in [0.05, 0.1) is 23.0 Å². The molecular formula is C18H16ClN3O2. The fraction of sp³-hybridized carbons (Fsp3) is 0.111. The van der Waals surface area contributed by atoms with E-state index in [1.807, 2.05) is 48.5 Å². The van der Waals surface area contributed by atoms with Crippen molar-refractivity contribution in [3.8, 4) is 16.9 Å². The topological polar surface area (TPSA) is 56.1 Å². The summed E-state index contributed by atoms with van der Waals surface area (Å²) in [7, 11) is 0. The number of nitrogens with zero attached hydrogens (tertiary/aromatic N) is 2. The quantitative estimate of drug-likeness (QED) is 0.717. The van der Waals surface area contributed by atoms with Crippen LogP contribution in [0.3, 0.4) is 0 Å². The van der Waals surface area contributed by atoms with Gasteiger partial charge in [-0.25, -0.2) is 10.2 Å². The Labute approximate surface area is 144 Å². The number of para-hydroxylation sites is 1. The smallest absolute Gasteiger partial charge is 0.274 e. The highest BCUT2D eigenvalue weighted by molar-refractivity contribution is 6.33. The Bertz CT molecular complexity index is 846. The maximum atomic E-state index is 12.4. The average molecular weight is 342 g/mol. The predicted molar refractivity (Wildman–Crippen MR) is 93.1 cm³/mol. The van der Waals surface area contributed by atoms with E-state index in [2.05, 4.69) is 10.6 Å². The Morgan fingerprint density at radius 2 is 1.88 bits per heavy atom. The van der Waals surface area contributed by atoms with E-state index >= 15 is 0 Å². The lowest BCUT2D eigenvalue weighted by Gasteiger charge is -2.07. The van der Waals surface area contributed by atoms with Crippen LogP contribution in [0.25, 0.3) is 16.9 Å². The highest BCUT2D eigenvalue weighted by Crippen LogP contribution is 2.28. The van der Waals surface area contributed by atoms with Crippen molar-refractivity contribution >= 4 is 17.5 Å². The molecule has 1 amide bonds. The fourth-order valence-electron chi connectivity index (χ4n) is 2.30. The number of nitrogens with one attached hydrogen (secondary N) is 1. The maximum absolute atomic E-state index is 12.4. The molecule has 3 aromatic rings. The highest BCUT2D eigenvalue weighted by Gasteiger charge is 2.18. The van der Waals surface area contributed by atoms with Gasteiger partial charge in [-0.1, -0.05) is 48.0 Å². The van der Waals surface area contributed by atoms with E-state index in [1.54, 1.807) is 23.7 Å². The van der Waals surface area contributed by atoms with Crippen LogP contribution in [0.4, 0.5) is 0 Å². The van der Waals surface area contributed by atoms with Crippen molar-refractivity contribution in [1.82, 2.24) is 15.3 Å². The molecule has 0 atom stereocenters. The first-order chi connectivity index (χ1) is 11.7. The number of rotatable bonds is 5. The second-order valence-electron chi connectivity index (χ2n) is 5.01. The van der Waals surface area contributed by atoms with Gasteiger partial charge in [-0.3, -0.25) is 9.63 Å². The molecule has 0 bridgehead atoms. The third-order valence-electron chi connectivity index (χ3n) is 3.40. The second-order valence-corrected chi connectivity index (χ2v) is 5.41. The van der Waals surface area contributed by atoms with Gasteiger partial charge >= 0.3 is 0 Å². The summed E-state index contributed by atoms with van der Waals surface area (Å²) in [5.74, 6) is -0.369. The first-order valence-corrected chi connectivity index (χ1v) is 7.91. The summed E-state index contributed by atoms with van der Waals surface area (Å²) in [4.78, 5) is 17.4. The standard InChI is InChI=1S/C18H16ClN3O2/c1-2-24-21-18(23)17-12-16(14-10-6-7-11-15(14)19)20-22(17)13-8-4-3-5-9-13/h3-12H,2H2,1H3,(H,21,23). The molecule has 1 heterocycles. The Kier molecular flexibility index (Phi) is 4.93. The van der Waals surface area contributed by atoms with E-state index in [9.17, 15) is 4.79 Å². The zero-order valence-corrected chi connectivity index (χ0v) is 13.8. The maximum Gasteiger partial charge on any atom is 0.293 e. The van der Waals surface area contributed by atoms with Gasteiger partial charge in [-0.15, -0.1) is 0 Å². The number of carbonyl (C=O) groups excluding carboxylic acids is 1. The van der Waals surface area contributed by atoms with Crippen molar-refractivity contribution in [3.63, 3.8) is 0 Å². The summed E-state index contributed by atoms with van der Waals surface area (Å²) in [6.45, 7) is 2.17. The van der Waals surface area contributed by atoms with Crippen LogP contribution in [0.5, 0.6) is 0 Å². The molecule has 0 radical (unpaired) electrons. The normalized spacial score (nSPS) is 10.6. The number of aromatic nitrogens is 2. The van der Waals surface area contributed by atoms with Crippen LogP contribution in [0, 0.1) is 0 Å². The van der Waals surface area contributed by atoms with Crippen LogP contribution in [-0.4, -0.2) is 22.3 Å². The van der Waals surface area contributed by atoms with E-state index in [0.717, 1.165) is 11.3 Å². The molecule has 6 heteroatoms. The van der Waals surface area contributed by atoms with Crippen molar-refractivity contribution in [3.05, 3.63) is 71.4 Å². The lowest BCUT2D eigenvalue weighted by atomic mass is 10.1. The Morgan fingerprint density at radius 3 is 2.58 bits per heavy atom. The van der Waals surface area contributed by atoms with Gasteiger partial charge < -0.3 is 0 Å². The molecule has 0 unspecified atom stereocenters. The van der Waals surface area contributed by atoms with E-state index in [-0.39, 0.29) is 5.91 Å². The van der Waals surface area contributed by atoms with Gasteiger partial charge in [0.1, 0.15) is 5.69 Å². The van der Waals surface area contributed by atoms with Gasteiger partial charge in [-0.05, 0) is 31.2 Å². The van der Waals surface area contributed by atoms with Crippen molar-refractivity contribution < 1.29 is 9.63 Å². The molecule has 0 saturated heterocycles. The second kappa shape index (κ2) is 7.29. The first-order valence-electron chi connectivity index (χ1n) is 7.53. The fourth-order valence-corrected chi connectivity index (χ4v) is 2.53. The van der Waals surface area contributed by atoms with E-state index in [0.29, 0.717) is 23.0 Å². The van der Waals surface area contributed by atoms with Crippen molar-refractivity contribution in [2.45, 2.75) is 6.92 Å². The molecule has 0 aliphatic heterocycles. The molecule has 2 aromatic carbocycles. The number of benzene rings is 2. The third-order valence-corrected chi connectivity index (χ3v) is 3.73. The number of amides is 1. The van der Waals surface area contributed by atoms with Crippen LogP contribution in [0.1, 0.15) is 17.4 Å². The molecule has 122 valence electrons. The monoisotopic (exact) mass is 341 g/mol. The Hall–Kier alpha value is -2.63. The van der Waals surface area contributed by atoms with Crippen LogP contribution in [0.15, 0.2) is 60.7 Å². The van der Waals surface area contributed by atoms with Gasteiger partial charge in [0.25, 0.3) is 5.91 Å². The third kappa shape index (κ3) is 3.32. The van der Waals surface area contributed by atoms with E-state index in [4.69, 9.17) is 16.4 Å². The number of hydrogen-bond acceptors (Lipinski definition) is 3. The minimum absolute atomic E-state index is 0.365. The van der Waals surface area contributed by atoms with Crippen LogP contribution in [0.2, 0.25) is 5.02 Å². The molecule has 0 spiro atoms. The molecule has 3 rings (SSSR count). The molecule has 5 nitrogen and oxygen atoms in total. The summed E-state index contributed by atoms with van der Waals surface area (Å²) in [6, 6.07) is 18.5. The number of hydroxylamine groups is 1. The lowest BCUT2D eigenvalue weighted by molar-refractivity contribution is 0.0357. The molecule has 1 N–H and O–H groups in total. The number of hydrogen-bond donors (Lipinski definition) is 1. The molecule has 0 saturated carbocycles. The summed E-state index contributed by atoms with van der Waals surface area (Å²) in [5.41, 5.74) is 4.93. The first kappa shape index (κ1) is 16.2. The Balaban J connectivity index is 2.09.